The molecule has 6 heteroatoms. The molecular weight excluding hydrogens is 268 g/mol. The molecule has 0 aromatic heterocycles. The Morgan fingerprint density at radius 1 is 1.37 bits per heavy atom. The summed E-state index contributed by atoms with van der Waals surface area (Å²) in [5, 5.41) is 11.8. The summed E-state index contributed by atoms with van der Waals surface area (Å²) < 4.78 is 0. The fraction of sp³-hybridized carbons (Fsp3) is 0.385. The first-order valence-electron chi connectivity index (χ1n) is 5.80. The van der Waals surface area contributed by atoms with E-state index in [1.165, 1.54) is 12.1 Å². The number of hydrogen-bond acceptors (Lipinski definition) is 3. The van der Waals surface area contributed by atoms with Gasteiger partial charge in [-0.2, -0.15) is 0 Å². The molecule has 1 aromatic carbocycles. The molecule has 0 aliphatic carbocycles. The Morgan fingerprint density at radius 2 is 2.00 bits per heavy atom. The number of anilines is 1. The van der Waals surface area contributed by atoms with Crippen molar-refractivity contribution in [3.8, 4) is 0 Å². The number of hydrogen-bond donors (Lipinski definition) is 3. The molecule has 1 rings (SSSR count). The second-order valence-electron chi connectivity index (χ2n) is 5.00. The molecule has 4 N–H and O–H groups in total. The Hall–Kier alpha value is -1.75. The van der Waals surface area contributed by atoms with Gasteiger partial charge in [0, 0.05) is 28.2 Å². The normalized spacial score (nSPS) is 11.1. The summed E-state index contributed by atoms with van der Waals surface area (Å²) in [6.07, 6.45) is 0.328. The van der Waals surface area contributed by atoms with Crippen LogP contribution in [0.15, 0.2) is 18.2 Å². The van der Waals surface area contributed by atoms with Gasteiger partial charge in [0.2, 0.25) is 0 Å². The maximum Gasteiger partial charge on any atom is 0.303 e. The van der Waals surface area contributed by atoms with E-state index < -0.39 is 11.5 Å². The van der Waals surface area contributed by atoms with Crippen LogP contribution in [-0.2, 0) is 4.79 Å². The molecule has 0 saturated carbocycles. The highest BCUT2D eigenvalue weighted by Gasteiger charge is 2.22. The van der Waals surface area contributed by atoms with Crippen LogP contribution in [0.25, 0.3) is 0 Å². The second-order valence-corrected chi connectivity index (χ2v) is 5.44. The van der Waals surface area contributed by atoms with Crippen molar-refractivity contribution in [2.75, 3.05) is 5.73 Å². The first kappa shape index (κ1) is 15.3. The number of nitrogens with two attached hydrogens (primary N) is 1. The second kappa shape index (κ2) is 5.93. The number of carboxylic acids is 1. The van der Waals surface area contributed by atoms with Gasteiger partial charge in [0.15, 0.2) is 0 Å². The summed E-state index contributed by atoms with van der Waals surface area (Å²) in [6, 6.07) is 4.59. The van der Waals surface area contributed by atoms with Crippen LogP contribution < -0.4 is 11.1 Å². The fourth-order valence-electron chi connectivity index (χ4n) is 1.60. The van der Waals surface area contributed by atoms with Crippen molar-refractivity contribution in [3.63, 3.8) is 0 Å². The van der Waals surface area contributed by atoms with E-state index in [1.807, 2.05) is 0 Å². The number of nitrogens with one attached hydrogen (secondary N) is 1. The first-order valence-corrected chi connectivity index (χ1v) is 6.18. The predicted molar refractivity (Wildman–Crippen MR) is 74.3 cm³/mol. The van der Waals surface area contributed by atoms with Crippen LogP contribution in [0, 0.1) is 0 Å². The summed E-state index contributed by atoms with van der Waals surface area (Å²) in [4.78, 5) is 22.6. The summed E-state index contributed by atoms with van der Waals surface area (Å²) in [7, 11) is 0. The van der Waals surface area contributed by atoms with Crippen molar-refractivity contribution in [1.29, 1.82) is 0 Å². The standard InChI is InChI=1S/C13H17ClN2O3/c1-13(2,4-3-11(17)18)16-12(19)8-5-9(14)7-10(15)6-8/h5-7H,3-4,15H2,1-2H3,(H,16,19)(H,17,18). The van der Waals surface area contributed by atoms with Crippen molar-refractivity contribution < 1.29 is 14.7 Å². The average molecular weight is 285 g/mol. The lowest BCUT2D eigenvalue weighted by atomic mass is 9.97. The average Bonchev–Trinajstić information content (AvgIpc) is 2.24. The zero-order valence-electron chi connectivity index (χ0n) is 10.9. The number of nitrogen functional groups attached to an aromatic ring is 1. The lowest BCUT2D eigenvalue weighted by molar-refractivity contribution is -0.137. The highest BCUT2D eigenvalue weighted by molar-refractivity contribution is 6.31. The van der Waals surface area contributed by atoms with Crippen molar-refractivity contribution in [2.24, 2.45) is 0 Å². The van der Waals surface area contributed by atoms with E-state index in [2.05, 4.69) is 5.32 Å². The number of aliphatic carboxylic acids is 1. The third-order valence-corrected chi connectivity index (χ3v) is 2.82. The maximum absolute atomic E-state index is 12.0. The van der Waals surface area contributed by atoms with Crippen molar-refractivity contribution >= 4 is 29.2 Å². The molecule has 0 spiro atoms. The van der Waals surface area contributed by atoms with E-state index in [0.29, 0.717) is 22.7 Å². The van der Waals surface area contributed by atoms with Gasteiger partial charge in [-0.1, -0.05) is 11.6 Å². The first-order chi connectivity index (χ1) is 8.69. The third-order valence-electron chi connectivity index (χ3n) is 2.60. The number of rotatable bonds is 5. The summed E-state index contributed by atoms with van der Waals surface area (Å²) in [5.74, 6) is -1.22. The molecule has 0 unspecified atom stereocenters. The molecule has 0 aliphatic rings. The van der Waals surface area contributed by atoms with Crippen LogP contribution in [0.3, 0.4) is 0 Å². The van der Waals surface area contributed by atoms with Crippen molar-refractivity contribution in [1.82, 2.24) is 5.32 Å². The molecule has 0 saturated heterocycles. The minimum absolute atomic E-state index is 0.00896. The van der Waals surface area contributed by atoms with Crippen LogP contribution in [0.2, 0.25) is 5.02 Å². The van der Waals surface area contributed by atoms with Gasteiger partial charge in [0.1, 0.15) is 0 Å². The van der Waals surface area contributed by atoms with Crippen LogP contribution in [0.5, 0.6) is 0 Å². The number of halogens is 1. The highest BCUT2D eigenvalue weighted by Crippen LogP contribution is 2.18. The summed E-state index contributed by atoms with van der Waals surface area (Å²) in [6.45, 7) is 3.53. The molecule has 104 valence electrons. The highest BCUT2D eigenvalue weighted by atomic mass is 35.5. The number of amides is 1. The van der Waals surface area contributed by atoms with E-state index in [-0.39, 0.29) is 12.3 Å². The number of carbonyl (C=O) groups is 2. The van der Waals surface area contributed by atoms with Gasteiger partial charge in [-0.25, -0.2) is 0 Å². The number of benzene rings is 1. The minimum atomic E-state index is -0.894. The van der Waals surface area contributed by atoms with E-state index >= 15 is 0 Å². The molecule has 0 fully saturated rings. The predicted octanol–water partition coefficient (Wildman–Crippen LogP) is 2.30. The Balaban J connectivity index is 2.75. The molecule has 0 bridgehead atoms. The zero-order chi connectivity index (χ0) is 14.6. The molecule has 5 nitrogen and oxygen atoms in total. The number of carboxylic acid groups (broad SMARTS) is 1. The molecule has 0 heterocycles. The fourth-order valence-corrected chi connectivity index (χ4v) is 1.85. The molecule has 0 atom stereocenters. The molecule has 1 aromatic rings. The van der Waals surface area contributed by atoms with Gasteiger partial charge in [-0.3, -0.25) is 9.59 Å². The van der Waals surface area contributed by atoms with Crippen LogP contribution in [-0.4, -0.2) is 22.5 Å². The largest absolute Gasteiger partial charge is 0.481 e. The van der Waals surface area contributed by atoms with Gasteiger partial charge in [-0.15, -0.1) is 0 Å². The lowest BCUT2D eigenvalue weighted by Gasteiger charge is -2.25. The van der Waals surface area contributed by atoms with Crippen molar-refractivity contribution in [3.05, 3.63) is 28.8 Å². The van der Waals surface area contributed by atoms with Gasteiger partial charge >= 0.3 is 5.97 Å². The van der Waals surface area contributed by atoms with E-state index in [4.69, 9.17) is 22.4 Å². The van der Waals surface area contributed by atoms with E-state index in [9.17, 15) is 9.59 Å². The summed E-state index contributed by atoms with van der Waals surface area (Å²) >= 11 is 5.83. The SMILES string of the molecule is CC(C)(CCC(=O)O)NC(=O)c1cc(N)cc(Cl)c1. The molecular formula is C13H17ClN2O3. The molecule has 0 aliphatic heterocycles. The topological polar surface area (TPSA) is 92.4 Å². The Bertz CT molecular complexity index is 480. The van der Waals surface area contributed by atoms with Gasteiger partial charge in [-0.05, 0) is 38.5 Å². The number of carbonyl (C=O) groups excluding carboxylic acids is 1. The van der Waals surface area contributed by atoms with E-state index in [1.54, 1.807) is 19.9 Å². The molecule has 1 amide bonds. The Morgan fingerprint density at radius 3 is 2.53 bits per heavy atom. The zero-order valence-corrected chi connectivity index (χ0v) is 11.6. The maximum atomic E-state index is 12.0. The quantitative estimate of drug-likeness (QED) is 0.723. The van der Waals surface area contributed by atoms with Gasteiger partial charge < -0.3 is 16.2 Å². The van der Waals surface area contributed by atoms with Crippen LogP contribution in [0.1, 0.15) is 37.0 Å². The smallest absolute Gasteiger partial charge is 0.303 e. The van der Waals surface area contributed by atoms with E-state index in [0.717, 1.165) is 0 Å². The Labute approximate surface area is 116 Å². The Kier molecular flexibility index (Phi) is 4.78. The molecule has 0 radical (unpaired) electrons. The van der Waals surface area contributed by atoms with Crippen LogP contribution in [0.4, 0.5) is 5.69 Å². The van der Waals surface area contributed by atoms with Gasteiger partial charge in [0.05, 0.1) is 0 Å². The molecule has 19 heavy (non-hydrogen) atoms. The van der Waals surface area contributed by atoms with Gasteiger partial charge in [0.25, 0.3) is 5.91 Å². The van der Waals surface area contributed by atoms with Crippen molar-refractivity contribution in [2.45, 2.75) is 32.2 Å². The van der Waals surface area contributed by atoms with Crippen LogP contribution >= 0.6 is 11.6 Å². The lowest BCUT2D eigenvalue weighted by Crippen LogP contribution is -2.43. The monoisotopic (exact) mass is 284 g/mol. The summed E-state index contributed by atoms with van der Waals surface area (Å²) in [5.41, 5.74) is 5.76. The third kappa shape index (κ3) is 5.18. The minimum Gasteiger partial charge on any atom is -0.481 e.